The van der Waals surface area contributed by atoms with Crippen molar-refractivity contribution in [2.75, 3.05) is 19.8 Å². The van der Waals surface area contributed by atoms with Crippen LogP contribution in [0, 0.1) is 0 Å². The van der Waals surface area contributed by atoms with Crippen molar-refractivity contribution in [1.29, 1.82) is 0 Å². The molecule has 0 spiro atoms. The maximum Gasteiger partial charge on any atom is 0.268 e. The van der Waals surface area contributed by atoms with Gasteiger partial charge in [-0.1, -0.05) is 35.6 Å². The average Bonchev–Trinajstić information content (AvgIpc) is 3.19. The van der Waals surface area contributed by atoms with Crippen molar-refractivity contribution in [3.05, 3.63) is 64.5 Å². The van der Waals surface area contributed by atoms with Crippen molar-refractivity contribution in [3.8, 4) is 0 Å². The summed E-state index contributed by atoms with van der Waals surface area (Å²) in [6.45, 7) is 3.20. The Labute approximate surface area is 170 Å². The van der Waals surface area contributed by atoms with Gasteiger partial charge in [-0.2, -0.15) is 4.99 Å². The smallest absolute Gasteiger partial charge is 0.268 e. The molecule has 0 bridgehead atoms. The predicted molar refractivity (Wildman–Crippen MR) is 109 cm³/mol. The number of nitrogens with zero attached hydrogens (tertiary/aromatic N) is 3. The van der Waals surface area contributed by atoms with Gasteiger partial charge in [0.2, 0.25) is 0 Å². The van der Waals surface area contributed by atoms with Gasteiger partial charge >= 0.3 is 0 Å². The fourth-order valence-electron chi connectivity index (χ4n) is 3.28. The van der Waals surface area contributed by atoms with Crippen molar-refractivity contribution in [3.63, 3.8) is 0 Å². The molecular weight excluding hydrogens is 390 g/mol. The summed E-state index contributed by atoms with van der Waals surface area (Å²) in [4.78, 5) is 43.2. The molecule has 1 aromatic heterocycles. The van der Waals surface area contributed by atoms with Gasteiger partial charge in [0.05, 0.1) is 28.0 Å². The van der Waals surface area contributed by atoms with Crippen molar-refractivity contribution in [1.82, 2.24) is 9.47 Å². The lowest BCUT2D eigenvalue weighted by Crippen LogP contribution is -2.35. The Morgan fingerprint density at radius 2 is 1.69 bits per heavy atom. The van der Waals surface area contributed by atoms with Gasteiger partial charge in [0.1, 0.15) is 6.54 Å². The summed E-state index contributed by atoms with van der Waals surface area (Å²) in [5.74, 6) is -1.47. The molecule has 0 N–H and O–H groups in total. The highest BCUT2D eigenvalue weighted by atomic mass is 32.1. The van der Waals surface area contributed by atoms with E-state index in [2.05, 4.69) is 4.99 Å². The third kappa shape index (κ3) is 3.64. The second-order valence-electron chi connectivity index (χ2n) is 6.45. The molecule has 4 rings (SSSR count). The van der Waals surface area contributed by atoms with Gasteiger partial charge < -0.3 is 9.30 Å². The summed E-state index contributed by atoms with van der Waals surface area (Å²) < 4.78 is 8.37. The maximum absolute atomic E-state index is 12.6. The molecule has 7 nitrogen and oxygen atoms in total. The van der Waals surface area contributed by atoms with E-state index in [1.165, 1.54) is 11.3 Å². The minimum Gasteiger partial charge on any atom is -0.380 e. The van der Waals surface area contributed by atoms with E-state index >= 15 is 0 Å². The first kappa shape index (κ1) is 19.2. The molecule has 3 amide bonds. The molecule has 0 saturated heterocycles. The molecule has 3 aromatic rings. The lowest BCUT2D eigenvalue weighted by Gasteiger charge is -2.10. The van der Waals surface area contributed by atoms with Crippen molar-refractivity contribution in [2.24, 2.45) is 4.99 Å². The fourth-order valence-corrected chi connectivity index (χ4v) is 4.36. The number of rotatable bonds is 6. The standard InChI is InChI=1S/C21H19N3O4S/c1-2-28-12-11-23-16-9-5-6-10-17(16)29-21(23)22-18(25)13-24-19(26)14-7-3-4-8-15(14)20(24)27/h3-10H,2,11-13H2,1H3. The maximum atomic E-state index is 12.6. The van der Waals surface area contributed by atoms with E-state index in [1.54, 1.807) is 24.3 Å². The van der Waals surface area contributed by atoms with Gasteiger partial charge in [0.15, 0.2) is 4.80 Å². The number of carbonyl (C=O) groups excluding carboxylic acids is 3. The third-order valence-electron chi connectivity index (χ3n) is 4.64. The molecule has 148 valence electrons. The largest absolute Gasteiger partial charge is 0.380 e. The highest BCUT2D eigenvalue weighted by Gasteiger charge is 2.36. The first-order valence-electron chi connectivity index (χ1n) is 9.29. The molecule has 0 radical (unpaired) electrons. The van der Waals surface area contributed by atoms with Crippen molar-refractivity contribution < 1.29 is 19.1 Å². The van der Waals surface area contributed by atoms with Crippen LogP contribution >= 0.6 is 11.3 Å². The first-order chi connectivity index (χ1) is 14.1. The van der Waals surface area contributed by atoms with Gasteiger partial charge in [0, 0.05) is 13.2 Å². The van der Waals surface area contributed by atoms with Gasteiger partial charge in [-0.15, -0.1) is 0 Å². The zero-order valence-corrected chi connectivity index (χ0v) is 16.6. The van der Waals surface area contributed by atoms with Crippen LogP contribution in [0.1, 0.15) is 27.6 Å². The SMILES string of the molecule is CCOCCn1c(=NC(=O)CN2C(=O)c3ccccc3C2=O)sc2ccccc21. The van der Waals surface area contributed by atoms with Gasteiger partial charge in [-0.25, -0.2) is 0 Å². The van der Waals surface area contributed by atoms with E-state index in [4.69, 9.17) is 4.74 Å². The molecule has 29 heavy (non-hydrogen) atoms. The summed E-state index contributed by atoms with van der Waals surface area (Å²) in [5.41, 5.74) is 1.60. The molecule has 0 fully saturated rings. The van der Waals surface area contributed by atoms with Crippen LogP contribution in [0.5, 0.6) is 0 Å². The van der Waals surface area contributed by atoms with Crippen LogP contribution < -0.4 is 4.80 Å². The number of ether oxygens (including phenoxy) is 1. The highest BCUT2D eigenvalue weighted by Crippen LogP contribution is 2.22. The van der Waals surface area contributed by atoms with Crippen LogP contribution in [0.15, 0.2) is 53.5 Å². The highest BCUT2D eigenvalue weighted by molar-refractivity contribution is 7.16. The van der Waals surface area contributed by atoms with Crippen LogP contribution in [0.25, 0.3) is 10.2 Å². The van der Waals surface area contributed by atoms with Crippen molar-refractivity contribution >= 4 is 39.3 Å². The Morgan fingerprint density at radius 1 is 1.03 bits per heavy atom. The van der Waals surface area contributed by atoms with E-state index in [0.29, 0.717) is 35.7 Å². The predicted octanol–water partition coefficient (Wildman–Crippen LogP) is 2.46. The van der Waals surface area contributed by atoms with E-state index in [0.717, 1.165) is 15.1 Å². The molecular formula is C21H19N3O4S. The minimum atomic E-state index is -0.545. The third-order valence-corrected chi connectivity index (χ3v) is 5.70. The van der Waals surface area contributed by atoms with Crippen LogP contribution in [0.4, 0.5) is 0 Å². The second-order valence-corrected chi connectivity index (χ2v) is 7.46. The number of thiazole rings is 1. The second kappa shape index (κ2) is 8.10. The van der Waals surface area contributed by atoms with Crippen molar-refractivity contribution in [2.45, 2.75) is 13.5 Å². The number of hydrogen-bond acceptors (Lipinski definition) is 5. The monoisotopic (exact) mass is 409 g/mol. The Morgan fingerprint density at radius 3 is 2.38 bits per heavy atom. The normalized spacial score (nSPS) is 14.1. The first-order valence-corrected chi connectivity index (χ1v) is 10.1. The number of para-hydroxylation sites is 1. The Bertz CT molecular complexity index is 1140. The lowest BCUT2D eigenvalue weighted by atomic mass is 10.1. The minimum absolute atomic E-state index is 0.318. The summed E-state index contributed by atoms with van der Waals surface area (Å²) in [5, 5.41) is 0. The molecule has 0 aliphatic carbocycles. The number of carbonyl (C=O) groups is 3. The number of fused-ring (bicyclic) bond motifs is 2. The van der Waals surface area contributed by atoms with E-state index in [-0.39, 0.29) is 6.54 Å². The van der Waals surface area contributed by atoms with E-state index in [9.17, 15) is 14.4 Å². The lowest BCUT2D eigenvalue weighted by molar-refractivity contribution is -0.118. The zero-order chi connectivity index (χ0) is 20.4. The molecule has 0 unspecified atom stereocenters. The van der Waals surface area contributed by atoms with Gasteiger partial charge in [-0.05, 0) is 31.2 Å². The number of benzene rings is 2. The Kier molecular flexibility index (Phi) is 5.37. The number of amides is 3. The average molecular weight is 409 g/mol. The molecule has 8 heteroatoms. The van der Waals surface area contributed by atoms with Crippen LogP contribution in [-0.4, -0.2) is 46.9 Å². The molecule has 1 aliphatic rings. The fraction of sp³-hybridized carbons (Fsp3) is 0.238. The zero-order valence-electron chi connectivity index (χ0n) is 15.8. The summed E-state index contributed by atoms with van der Waals surface area (Å²) in [6.07, 6.45) is 0. The van der Waals surface area contributed by atoms with Gasteiger partial charge in [-0.3, -0.25) is 19.3 Å². The molecule has 2 heterocycles. The van der Waals surface area contributed by atoms with Crippen LogP contribution in [0.2, 0.25) is 0 Å². The molecule has 0 atom stereocenters. The Hall–Kier alpha value is -3.10. The number of aromatic nitrogens is 1. The summed E-state index contributed by atoms with van der Waals surface area (Å²) >= 11 is 1.39. The molecule has 0 saturated carbocycles. The molecule has 1 aliphatic heterocycles. The van der Waals surface area contributed by atoms with E-state index in [1.807, 2.05) is 35.8 Å². The topological polar surface area (TPSA) is 81.0 Å². The quantitative estimate of drug-likeness (QED) is 0.463. The van der Waals surface area contributed by atoms with Crippen LogP contribution in [0.3, 0.4) is 0 Å². The van der Waals surface area contributed by atoms with E-state index < -0.39 is 17.7 Å². The molecule has 2 aromatic carbocycles. The van der Waals surface area contributed by atoms with Crippen LogP contribution in [-0.2, 0) is 16.1 Å². The Balaban J connectivity index is 1.62. The van der Waals surface area contributed by atoms with Gasteiger partial charge in [0.25, 0.3) is 17.7 Å². The number of hydrogen-bond donors (Lipinski definition) is 0. The number of imide groups is 1. The summed E-state index contributed by atoms with van der Waals surface area (Å²) in [7, 11) is 0. The summed E-state index contributed by atoms with van der Waals surface area (Å²) in [6, 6.07) is 14.3.